The summed E-state index contributed by atoms with van der Waals surface area (Å²) < 4.78 is 31.8. The molecule has 1 unspecified atom stereocenters. The number of methoxy groups -OCH3 is 1. The largest absolute Gasteiger partial charge is 0.481 e. The summed E-state index contributed by atoms with van der Waals surface area (Å²) >= 11 is 0. The van der Waals surface area contributed by atoms with Crippen LogP contribution in [0, 0.1) is 5.92 Å². The molecule has 1 heterocycles. The third-order valence-corrected chi connectivity index (χ3v) is 5.34. The highest BCUT2D eigenvalue weighted by Gasteiger charge is 2.36. The van der Waals surface area contributed by atoms with Gasteiger partial charge in [-0.15, -0.1) is 0 Å². The summed E-state index contributed by atoms with van der Waals surface area (Å²) in [5.74, 6) is -2.33. The molecular weight excluding hydrogens is 300 g/mol. The van der Waals surface area contributed by atoms with E-state index in [1.54, 1.807) is 6.92 Å². The van der Waals surface area contributed by atoms with Crippen LogP contribution in [0.15, 0.2) is 0 Å². The maximum atomic E-state index is 12.5. The van der Waals surface area contributed by atoms with E-state index in [0.717, 1.165) is 8.61 Å². The first-order chi connectivity index (χ1) is 9.82. The number of esters is 1. The molecule has 0 aliphatic carbocycles. The van der Waals surface area contributed by atoms with Gasteiger partial charge in [-0.1, -0.05) is 6.92 Å². The standard InChI is InChI=1S/C12H22N2O6S/c1-3-6-13(9-11(15)20-2)21(18,19)14-7-4-5-10(8-14)12(16)17/h10H,3-9H2,1-2H3,(H,16,17). The molecular formula is C12H22N2O6S. The molecule has 1 saturated heterocycles. The zero-order chi connectivity index (χ0) is 16.0. The SMILES string of the molecule is CCCN(CC(=O)OC)S(=O)(=O)N1CCCC(C(=O)O)C1. The highest BCUT2D eigenvalue weighted by Crippen LogP contribution is 2.21. The summed E-state index contributed by atoms with van der Waals surface area (Å²) in [6.07, 6.45) is 1.51. The quantitative estimate of drug-likeness (QED) is 0.657. The molecule has 0 radical (unpaired) electrons. The van der Waals surface area contributed by atoms with Gasteiger partial charge < -0.3 is 9.84 Å². The van der Waals surface area contributed by atoms with Crippen LogP contribution in [-0.4, -0.2) is 67.4 Å². The number of ether oxygens (including phenoxy) is 1. The number of hydrogen-bond donors (Lipinski definition) is 1. The molecule has 0 spiro atoms. The third kappa shape index (κ3) is 4.65. The fourth-order valence-corrected chi connectivity index (χ4v) is 3.99. The maximum absolute atomic E-state index is 12.5. The van der Waals surface area contributed by atoms with Gasteiger partial charge >= 0.3 is 11.9 Å². The third-order valence-electron chi connectivity index (χ3n) is 3.39. The summed E-state index contributed by atoms with van der Waals surface area (Å²) in [6.45, 7) is 1.84. The van der Waals surface area contributed by atoms with Crippen LogP contribution in [0.5, 0.6) is 0 Å². The lowest BCUT2D eigenvalue weighted by atomic mass is 10.0. The first kappa shape index (κ1) is 17.9. The predicted octanol–water partition coefficient (Wildman–Crippen LogP) is -0.0872. The van der Waals surface area contributed by atoms with Gasteiger partial charge in [0.2, 0.25) is 0 Å². The van der Waals surface area contributed by atoms with Crippen molar-refractivity contribution < 1.29 is 27.9 Å². The molecule has 0 bridgehead atoms. The van der Waals surface area contributed by atoms with Gasteiger partial charge in [0.1, 0.15) is 6.54 Å². The monoisotopic (exact) mass is 322 g/mol. The Bertz CT molecular complexity index is 478. The number of piperidine rings is 1. The molecule has 1 rings (SSSR count). The van der Waals surface area contributed by atoms with Gasteiger partial charge in [-0.2, -0.15) is 17.0 Å². The fourth-order valence-electron chi connectivity index (χ4n) is 2.25. The average Bonchev–Trinajstić information content (AvgIpc) is 2.46. The average molecular weight is 322 g/mol. The van der Waals surface area contributed by atoms with E-state index in [2.05, 4.69) is 4.74 Å². The summed E-state index contributed by atoms with van der Waals surface area (Å²) in [5, 5.41) is 9.04. The van der Waals surface area contributed by atoms with Gasteiger partial charge in [-0.25, -0.2) is 0 Å². The molecule has 0 aromatic rings. The Hall–Kier alpha value is -1.19. The molecule has 8 nitrogen and oxygen atoms in total. The van der Waals surface area contributed by atoms with E-state index in [1.165, 1.54) is 7.11 Å². The first-order valence-corrected chi connectivity index (χ1v) is 8.27. The van der Waals surface area contributed by atoms with Crippen LogP contribution in [0.3, 0.4) is 0 Å². The molecule has 1 aliphatic rings. The van der Waals surface area contributed by atoms with E-state index in [0.29, 0.717) is 19.3 Å². The summed E-state index contributed by atoms with van der Waals surface area (Å²) in [4.78, 5) is 22.4. The van der Waals surface area contributed by atoms with E-state index in [4.69, 9.17) is 5.11 Å². The number of nitrogens with zero attached hydrogens (tertiary/aromatic N) is 2. The van der Waals surface area contributed by atoms with Crippen LogP contribution in [0.25, 0.3) is 0 Å². The van der Waals surface area contributed by atoms with Crippen molar-refractivity contribution >= 4 is 22.1 Å². The van der Waals surface area contributed by atoms with Crippen molar-refractivity contribution in [2.45, 2.75) is 26.2 Å². The van der Waals surface area contributed by atoms with Crippen molar-refractivity contribution in [2.24, 2.45) is 5.92 Å². The second kappa shape index (κ2) is 7.71. The van der Waals surface area contributed by atoms with Crippen LogP contribution in [-0.2, 0) is 24.5 Å². The Morgan fingerprint density at radius 1 is 1.43 bits per heavy atom. The van der Waals surface area contributed by atoms with Crippen molar-refractivity contribution in [1.29, 1.82) is 0 Å². The topological polar surface area (TPSA) is 104 Å². The first-order valence-electron chi connectivity index (χ1n) is 6.87. The zero-order valence-electron chi connectivity index (χ0n) is 12.3. The molecule has 9 heteroatoms. The van der Waals surface area contributed by atoms with E-state index >= 15 is 0 Å². The molecule has 1 atom stereocenters. The van der Waals surface area contributed by atoms with Gasteiger partial charge in [0.05, 0.1) is 13.0 Å². The van der Waals surface area contributed by atoms with Crippen molar-refractivity contribution in [3.05, 3.63) is 0 Å². The number of rotatable bonds is 7. The van der Waals surface area contributed by atoms with Crippen molar-refractivity contribution in [3.63, 3.8) is 0 Å². The number of carbonyl (C=O) groups is 2. The molecule has 0 amide bonds. The molecule has 1 N–H and O–H groups in total. The predicted molar refractivity (Wildman–Crippen MR) is 74.7 cm³/mol. The van der Waals surface area contributed by atoms with Gasteiger partial charge in [0.15, 0.2) is 0 Å². The summed E-state index contributed by atoms with van der Waals surface area (Å²) in [7, 11) is -2.66. The van der Waals surface area contributed by atoms with Crippen LogP contribution >= 0.6 is 0 Å². The smallest absolute Gasteiger partial charge is 0.321 e. The van der Waals surface area contributed by atoms with Gasteiger partial charge in [0.25, 0.3) is 10.2 Å². The Labute approximate surface area is 124 Å². The van der Waals surface area contributed by atoms with E-state index < -0.39 is 28.1 Å². The fraction of sp³-hybridized carbons (Fsp3) is 0.833. The van der Waals surface area contributed by atoms with E-state index in [9.17, 15) is 18.0 Å². The normalized spacial score (nSPS) is 20.4. The highest BCUT2D eigenvalue weighted by molar-refractivity contribution is 7.86. The number of carbonyl (C=O) groups excluding carboxylic acids is 1. The Morgan fingerprint density at radius 2 is 2.10 bits per heavy atom. The van der Waals surface area contributed by atoms with Gasteiger partial charge in [-0.05, 0) is 19.3 Å². The lowest BCUT2D eigenvalue weighted by molar-refractivity contribution is -0.143. The lowest BCUT2D eigenvalue weighted by Crippen LogP contribution is -2.50. The van der Waals surface area contributed by atoms with Gasteiger partial charge in [0, 0.05) is 19.6 Å². The number of carboxylic acid groups (broad SMARTS) is 1. The van der Waals surface area contributed by atoms with Crippen LogP contribution < -0.4 is 0 Å². The van der Waals surface area contributed by atoms with Crippen LogP contribution in [0.1, 0.15) is 26.2 Å². The van der Waals surface area contributed by atoms with Crippen molar-refractivity contribution in [1.82, 2.24) is 8.61 Å². The highest BCUT2D eigenvalue weighted by atomic mass is 32.2. The number of hydrogen-bond acceptors (Lipinski definition) is 5. The van der Waals surface area contributed by atoms with Gasteiger partial charge in [-0.3, -0.25) is 9.59 Å². The van der Waals surface area contributed by atoms with Crippen molar-refractivity contribution in [3.8, 4) is 0 Å². The van der Waals surface area contributed by atoms with E-state index in [-0.39, 0.29) is 26.2 Å². The molecule has 0 aromatic heterocycles. The minimum Gasteiger partial charge on any atom is -0.481 e. The second-order valence-corrected chi connectivity index (χ2v) is 6.88. The maximum Gasteiger partial charge on any atom is 0.321 e. The summed E-state index contributed by atoms with van der Waals surface area (Å²) in [5.41, 5.74) is 0. The number of carboxylic acids is 1. The second-order valence-electron chi connectivity index (χ2n) is 4.95. The molecule has 122 valence electrons. The molecule has 0 saturated carbocycles. The lowest BCUT2D eigenvalue weighted by Gasteiger charge is -2.33. The van der Waals surface area contributed by atoms with Crippen LogP contribution in [0.4, 0.5) is 0 Å². The Kier molecular flexibility index (Phi) is 6.56. The minimum absolute atomic E-state index is 0.0565. The van der Waals surface area contributed by atoms with Crippen molar-refractivity contribution in [2.75, 3.05) is 33.3 Å². The Morgan fingerprint density at radius 3 is 2.62 bits per heavy atom. The molecule has 1 fully saturated rings. The zero-order valence-corrected chi connectivity index (χ0v) is 13.1. The van der Waals surface area contributed by atoms with E-state index in [1.807, 2.05) is 0 Å². The molecule has 0 aromatic carbocycles. The molecule has 21 heavy (non-hydrogen) atoms. The number of aliphatic carboxylic acids is 1. The van der Waals surface area contributed by atoms with Crippen LogP contribution in [0.2, 0.25) is 0 Å². The summed E-state index contributed by atoms with van der Waals surface area (Å²) in [6, 6.07) is 0. The molecule has 1 aliphatic heterocycles. The Balaban J connectivity index is 2.88. The minimum atomic E-state index is -3.86.